The van der Waals surface area contributed by atoms with Crippen LogP contribution in [-0.4, -0.2) is 42.1 Å². The number of hydrogen-bond donors (Lipinski definition) is 1. The highest BCUT2D eigenvalue weighted by molar-refractivity contribution is 5.82. The third-order valence-corrected chi connectivity index (χ3v) is 7.14. The second kappa shape index (κ2) is 5.49. The fraction of sp³-hybridized carbons (Fsp3) is 0.636. The van der Waals surface area contributed by atoms with Crippen molar-refractivity contribution in [3.63, 3.8) is 0 Å². The second-order valence-electron chi connectivity index (χ2n) is 10.1. The number of ether oxygens (including phenoxy) is 1. The molecule has 1 aromatic carbocycles. The van der Waals surface area contributed by atoms with Crippen LogP contribution in [0.1, 0.15) is 50.7 Å². The zero-order valence-electron chi connectivity index (χ0n) is 16.3. The van der Waals surface area contributed by atoms with Crippen LogP contribution in [0.3, 0.4) is 0 Å². The van der Waals surface area contributed by atoms with Crippen LogP contribution in [0.15, 0.2) is 24.3 Å². The molecule has 27 heavy (non-hydrogen) atoms. The molecule has 0 aromatic heterocycles. The molecule has 5 heteroatoms. The molecule has 1 N–H and O–H groups in total. The van der Waals surface area contributed by atoms with E-state index >= 15 is 0 Å². The minimum absolute atomic E-state index is 0.0500. The van der Waals surface area contributed by atoms with E-state index in [0.717, 1.165) is 25.9 Å². The van der Waals surface area contributed by atoms with Gasteiger partial charge in [-0.2, -0.15) is 0 Å². The number of fused-ring (bicyclic) bond motifs is 1. The lowest BCUT2D eigenvalue weighted by Gasteiger charge is -2.43. The van der Waals surface area contributed by atoms with Gasteiger partial charge in [-0.25, -0.2) is 4.79 Å². The molecule has 2 amide bonds. The van der Waals surface area contributed by atoms with Gasteiger partial charge in [0.25, 0.3) is 0 Å². The van der Waals surface area contributed by atoms with Gasteiger partial charge in [0.05, 0.1) is 5.54 Å². The van der Waals surface area contributed by atoms with Gasteiger partial charge < -0.3 is 15.0 Å². The summed E-state index contributed by atoms with van der Waals surface area (Å²) in [5, 5.41) is 2.87. The number of benzene rings is 1. The second-order valence-corrected chi connectivity index (χ2v) is 10.1. The van der Waals surface area contributed by atoms with Gasteiger partial charge in [-0.1, -0.05) is 45.0 Å². The number of nitrogens with one attached hydrogen (secondary N) is 1. The molecule has 5 rings (SSSR count). The molecule has 2 aliphatic carbocycles. The summed E-state index contributed by atoms with van der Waals surface area (Å²) in [5.74, 6) is 2.19. The largest absolute Gasteiger partial charge is 0.447 e. The van der Waals surface area contributed by atoms with E-state index in [0.29, 0.717) is 24.4 Å². The standard InChI is InChI=1S/C22H28N2O3/c1-21(2,3)15-6-4-13(5-7-15)18-16-10-24(11-17(16)18)19(25)14-8-22(9-14)12-27-20(26)23-22/h4-7,14,16-18H,8-12H2,1-3H3,(H,23,26)/t14?,16-,17+,18?,22?. The van der Waals surface area contributed by atoms with Crippen LogP contribution in [0.25, 0.3) is 0 Å². The molecule has 2 heterocycles. The Hall–Kier alpha value is -2.04. The average Bonchev–Trinajstić information content (AvgIpc) is 2.93. The molecule has 2 saturated carbocycles. The van der Waals surface area contributed by atoms with Crippen molar-refractivity contribution in [2.75, 3.05) is 19.7 Å². The minimum atomic E-state index is -0.344. The SMILES string of the molecule is CC(C)(C)c1ccc(C2[C@H]3CN(C(=O)C4CC5(COC(=O)N5)C4)C[C@@H]23)cc1. The fourth-order valence-electron chi connectivity index (χ4n) is 5.43. The summed E-state index contributed by atoms with van der Waals surface area (Å²) in [6.07, 6.45) is 1.10. The van der Waals surface area contributed by atoms with Crippen molar-refractivity contribution in [1.82, 2.24) is 10.2 Å². The van der Waals surface area contributed by atoms with Crippen molar-refractivity contribution >= 4 is 12.0 Å². The quantitative estimate of drug-likeness (QED) is 0.873. The summed E-state index contributed by atoms with van der Waals surface area (Å²) < 4.78 is 5.01. The smallest absolute Gasteiger partial charge is 0.407 e. The average molecular weight is 368 g/mol. The maximum absolute atomic E-state index is 12.8. The Balaban J connectivity index is 1.16. The van der Waals surface area contributed by atoms with E-state index in [1.807, 2.05) is 0 Å². The molecule has 1 aromatic rings. The summed E-state index contributed by atoms with van der Waals surface area (Å²) in [6.45, 7) is 8.91. The fourth-order valence-corrected chi connectivity index (χ4v) is 5.43. The van der Waals surface area contributed by atoms with Gasteiger partial charge in [-0.05, 0) is 47.1 Å². The summed E-state index contributed by atoms with van der Waals surface area (Å²) in [5.41, 5.74) is 2.72. The molecule has 1 unspecified atom stereocenters. The van der Waals surface area contributed by atoms with Gasteiger partial charge in [0, 0.05) is 19.0 Å². The van der Waals surface area contributed by atoms with Crippen LogP contribution in [-0.2, 0) is 14.9 Å². The lowest BCUT2D eigenvalue weighted by atomic mass is 9.68. The van der Waals surface area contributed by atoms with E-state index in [1.54, 1.807) is 0 Å². The number of piperidine rings is 1. The third kappa shape index (κ3) is 2.74. The first-order valence-corrected chi connectivity index (χ1v) is 10.1. The molecule has 0 radical (unpaired) electrons. The molecule has 5 nitrogen and oxygen atoms in total. The van der Waals surface area contributed by atoms with E-state index in [2.05, 4.69) is 55.3 Å². The zero-order chi connectivity index (χ0) is 19.0. The van der Waals surface area contributed by atoms with Crippen molar-refractivity contribution in [2.24, 2.45) is 17.8 Å². The van der Waals surface area contributed by atoms with Crippen LogP contribution in [0.2, 0.25) is 0 Å². The molecular weight excluding hydrogens is 340 g/mol. The highest BCUT2D eigenvalue weighted by atomic mass is 16.6. The van der Waals surface area contributed by atoms with Gasteiger partial charge in [0.2, 0.25) is 5.91 Å². The van der Waals surface area contributed by atoms with Crippen LogP contribution >= 0.6 is 0 Å². The van der Waals surface area contributed by atoms with Crippen LogP contribution in [0.5, 0.6) is 0 Å². The first kappa shape index (κ1) is 17.1. The van der Waals surface area contributed by atoms with E-state index in [9.17, 15) is 9.59 Å². The Morgan fingerprint density at radius 3 is 2.30 bits per heavy atom. The van der Waals surface area contributed by atoms with Gasteiger partial charge in [-0.15, -0.1) is 0 Å². The molecule has 4 fully saturated rings. The number of hydrogen-bond acceptors (Lipinski definition) is 3. The number of likely N-dealkylation sites (tertiary alicyclic amines) is 1. The number of amides is 2. The molecule has 2 saturated heterocycles. The molecule has 0 bridgehead atoms. The van der Waals surface area contributed by atoms with Gasteiger partial charge >= 0.3 is 6.09 Å². The monoisotopic (exact) mass is 368 g/mol. The topological polar surface area (TPSA) is 58.6 Å². The third-order valence-electron chi connectivity index (χ3n) is 7.14. The van der Waals surface area contributed by atoms with E-state index < -0.39 is 0 Å². The number of cyclic esters (lactones) is 1. The minimum Gasteiger partial charge on any atom is -0.447 e. The summed E-state index contributed by atoms with van der Waals surface area (Å²) in [6, 6.07) is 9.10. The molecular formula is C22H28N2O3. The van der Waals surface area contributed by atoms with Crippen molar-refractivity contribution in [2.45, 2.75) is 50.5 Å². The summed E-state index contributed by atoms with van der Waals surface area (Å²) >= 11 is 0. The van der Waals surface area contributed by atoms with Crippen molar-refractivity contribution < 1.29 is 14.3 Å². The molecule has 2 aliphatic heterocycles. The Morgan fingerprint density at radius 1 is 1.15 bits per heavy atom. The lowest BCUT2D eigenvalue weighted by Crippen LogP contribution is -2.58. The van der Waals surface area contributed by atoms with Crippen LogP contribution in [0, 0.1) is 17.8 Å². The lowest BCUT2D eigenvalue weighted by molar-refractivity contribution is -0.140. The number of nitrogens with zero attached hydrogens (tertiary/aromatic N) is 1. The maximum Gasteiger partial charge on any atom is 0.407 e. The predicted octanol–water partition coefficient (Wildman–Crippen LogP) is 3.04. The van der Waals surface area contributed by atoms with Gasteiger partial charge in [0.15, 0.2) is 0 Å². The summed E-state index contributed by atoms with van der Waals surface area (Å²) in [4.78, 5) is 26.1. The molecule has 1 spiro atoms. The van der Waals surface area contributed by atoms with E-state index in [-0.39, 0.29) is 28.9 Å². The van der Waals surface area contributed by atoms with Crippen LogP contribution in [0.4, 0.5) is 4.79 Å². The van der Waals surface area contributed by atoms with Gasteiger partial charge in [-0.3, -0.25) is 4.79 Å². The van der Waals surface area contributed by atoms with Crippen molar-refractivity contribution in [3.8, 4) is 0 Å². The summed E-state index contributed by atoms with van der Waals surface area (Å²) in [7, 11) is 0. The highest BCUT2D eigenvalue weighted by Crippen LogP contribution is 2.58. The Morgan fingerprint density at radius 2 is 1.78 bits per heavy atom. The Bertz CT molecular complexity index is 777. The molecule has 144 valence electrons. The number of carbonyl (C=O) groups excluding carboxylic acids is 2. The number of rotatable bonds is 2. The van der Waals surface area contributed by atoms with Crippen LogP contribution < -0.4 is 5.32 Å². The van der Waals surface area contributed by atoms with Crippen molar-refractivity contribution in [1.29, 1.82) is 0 Å². The first-order valence-electron chi connectivity index (χ1n) is 10.1. The zero-order valence-corrected chi connectivity index (χ0v) is 16.3. The molecule has 3 atom stereocenters. The first-order chi connectivity index (χ1) is 12.8. The Labute approximate surface area is 160 Å². The highest BCUT2D eigenvalue weighted by Gasteiger charge is 2.59. The number of alkyl carbamates (subject to hydrolysis) is 1. The van der Waals surface area contributed by atoms with E-state index in [4.69, 9.17) is 4.74 Å². The number of carbonyl (C=O) groups is 2. The van der Waals surface area contributed by atoms with E-state index in [1.165, 1.54) is 11.1 Å². The molecule has 4 aliphatic rings. The maximum atomic E-state index is 12.8. The van der Waals surface area contributed by atoms with Gasteiger partial charge in [0.1, 0.15) is 6.61 Å². The normalized spacial score (nSPS) is 36.9. The predicted molar refractivity (Wildman–Crippen MR) is 101 cm³/mol. The van der Waals surface area contributed by atoms with Crippen molar-refractivity contribution in [3.05, 3.63) is 35.4 Å². The Kier molecular flexibility index (Phi) is 3.47.